The van der Waals surface area contributed by atoms with Crippen molar-refractivity contribution >= 4 is 23.4 Å². The molecule has 1 heterocycles. The van der Waals surface area contributed by atoms with Crippen LogP contribution in [0.4, 0.5) is 15.9 Å². The van der Waals surface area contributed by atoms with E-state index in [1.54, 1.807) is 30.3 Å². The van der Waals surface area contributed by atoms with Gasteiger partial charge in [-0.3, -0.25) is 4.79 Å². The Kier molecular flexibility index (Phi) is 7.80. The van der Waals surface area contributed by atoms with Gasteiger partial charge in [-0.05, 0) is 42.0 Å². The van der Waals surface area contributed by atoms with Crippen LogP contribution in [0.15, 0.2) is 60.8 Å². The standard InChI is InChI=1S/C24H24FN3O5/c1-28(14-16-10-11-20(31-2)18(25)13-16)22(29)15-33-24(30)17-7-6-12-26-23(17)27-19-8-4-5-9-21(19)32-3/h4-13H,14-15H2,1-3H3,(H,26,27). The quantitative estimate of drug-likeness (QED) is 0.493. The number of amides is 1. The Morgan fingerprint density at radius 1 is 1.03 bits per heavy atom. The molecule has 3 rings (SSSR count). The zero-order chi connectivity index (χ0) is 23.8. The van der Waals surface area contributed by atoms with Crippen LogP contribution in [0.2, 0.25) is 0 Å². The molecule has 0 bridgehead atoms. The Balaban J connectivity index is 1.62. The van der Waals surface area contributed by atoms with Crippen molar-refractivity contribution in [1.29, 1.82) is 0 Å². The average Bonchev–Trinajstić information content (AvgIpc) is 2.83. The summed E-state index contributed by atoms with van der Waals surface area (Å²) in [6.07, 6.45) is 1.53. The van der Waals surface area contributed by atoms with Crippen LogP contribution >= 0.6 is 0 Å². The fourth-order valence-corrected chi connectivity index (χ4v) is 3.03. The number of nitrogens with zero attached hydrogens (tertiary/aromatic N) is 2. The number of pyridine rings is 1. The molecule has 2 aromatic carbocycles. The summed E-state index contributed by atoms with van der Waals surface area (Å²) >= 11 is 0. The van der Waals surface area contributed by atoms with E-state index >= 15 is 0 Å². The van der Waals surface area contributed by atoms with Crippen molar-refractivity contribution in [3.05, 3.63) is 77.7 Å². The topological polar surface area (TPSA) is 90.0 Å². The number of benzene rings is 2. The highest BCUT2D eigenvalue weighted by atomic mass is 19.1. The van der Waals surface area contributed by atoms with Gasteiger partial charge in [0.25, 0.3) is 5.91 Å². The third-order valence-corrected chi connectivity index (χ3v) is 4.78. The van der Waals surface area contributed by atoms with Crippen LogP contribution in [-0.4, -0.2) is 49.6 Å². The largest absolute Gasteiger partial charge is 0.495 e. The number of nitrogens with one attached hydrogen (secondary N) is 1. The molecule has 1 N–H and O–H groups in total. The smallest absolute Gasteiger partial charge is 0.342 e. The lowest BCUT2D eigenvalue weighted by molar-refractivity contribution is -0.133. The number of methoxy groups -OCH3 is 2. The molecule has 0 fully saturated rings. The lowest BCUT2D eigenvalue weighted by Crippen LogP contribution is -2.31. The molecular formula is C24H24FN3O5. The van der Waals surface area contributed by atoms with Crippen molar-refractivity contribution in [2.45, 2.75) is 6.54 Å². The summed E-state index contributed by atoms with van der Waals surface area (Å²) in [6.45, 7) is -0.332. The van der Waals surface area contributed by atoms with Gasteiger partial charge in [0.15, 0.2) is 18.2 Å². The second kappa shape index (κ2) is 10.9. The molecule has 0 atom stereocenters. The number of hydrogen-bond acceptors (Lipinski definition) is 7. The second-order valence-electron chi connectivity index (χ2n) is 7.02. The predicted octanol–water partition coefficient (Wildman–Crippen LogP) is 3.80. The van der Waals surface area contributed by atoms with E-state index in [4.69, 9.17) is 14.2 Å². The molecule has 0 spiro atoms. The van der Waals surface area contributed by atoms with E-state index in [1.807, 2.05) is 12.1 Å². The lowest BCUT2D eigenvalue weighted by Gasteiger charge is -2.18. The Bertz CT molecular complexity index is 1140. The maximum Gasteiger partial charge on any atom is 0.342 e. The van der Waals surface area contributed by atoms with Gasteiger partial charge in [0.05, 0.1) is 19.9 Å². The molecule has 1 amide bonds. The van der Waals surface area contributed by atoms with Crippen molar-refractivity contribution in [3.63, 3.8) is 0 Å². The molecule has 0 aliphatic heterocycles. The van der Waals surface area contributed by atoms with E-state index in [1.165, 1.54) is 44.5 Å². The molecule has 0 saturated heterocycles. The summed E-state index contributed by atoms with van der Waals surface area (Å²) < 4.78 is 29.3. The molecule has 0 aliphatic rings. The van der Waals surface area contributed by atoms with Crippen LogP contribution in [0, 0.1) is 5.82 Å². The minimum atomic E-state index is -0.710. The van der Waals surface area contributed by atoms with Crippen LogP contribution in [0.1, 0.15) is 15.9 Å². The SMILES string of the molecule is COc1ccc(CN(C)C(=O)COC(=O)c2cccnc2Nc2ccccc2OC)cc1F. The average molecular weight is 453 g/mol. The van der Waals surface area contributed by atoms with Crippen molar-refractivity contribution < 1.29 is 28.2 Å². The number of para-hydroxylation sites is 2. The zero-order valence-corrected chi connectivity index (χ0v) is 18.5. The fraction of sp³-hybridized carbons (Fsp3) is 0.208. The van der Waals surface area contributed by atoms with Gasteiger partial charge >= 0.3 is 5.97 Å². The summed E-state index contributed by atoms with van der Waals surface area (Å²) in [4.78, 5) is 30.6. The summed E-state index contributed by atoms with van der Waals surface area (Å²) in [5, 5.41) is 3.05. The van der Waals surface area contributed by atoms with Crippen molar-refractivity contribution in [3.8, 4) is 11.5 Å². The van der Waals surface area contributed by atoms with Crippen molar-refractivity contribution in [2.75, 3.05) is 33.2 Å². The van der Waals surface area contributed by atoms with Crippen molar-refractivity contribution in [1.82, 2.24) is 9.88 Å². The number of ether oxygens (including phenoxy) is 3. The first-order chi connectivity index (χ1) is 15.9. The fourth-order valence-electron chi connectivity index (χ4n) is 3.03. The van der Waals surface area contributed by atoms with Gasteiger partial charge in [0.2, 0.25) is 0 Å². The molecule has 0 aliphatic carbocycles. The first-order valence-corrected chi connectivity index (χ1v) is 10.0. The first-order valence-electron chi connectivity index (χ1n) is 10.0. The Morgan fingerprint density at radius 2 is 1.79 bits per heavy atom. The number of rotatable bonds is 9. The maximum atomic E-state index is 13.9. The first kappa shape index (κ1) is 23.5. The van der Waals surface area contributed by atoms with Gasteiger partial charge in [-0.25, -0.2) is 14.2 Å². The van der Waals surface area contributed by atoms with Crippen LogP contribution in [0.25, 0.3) is 0 Å². The summed E-state index contributed by atoms with van der Waals surface area (Å²) in [5.74, 6) is -0.708. The molecule has 1 aromatic heterocycles. The minimum absolute atomic E-state index is 0.121. The maximum absolute atomic E-state index is 13.9. The Hall–Kier alpha value is -4.14. The Labute approximate surface area is 190 Å². The van der Waals surface area contributed by atoms with Crippen LogP contribution in [0.5, 0.6) is 11.5 Å². The van der Waals surface area contributed by atoms with E-state index in [0.717, 1.165) is 0 Å². The van der Waals surface area contributed by atoms with Crippen molar-refractivity contribution in [2.24, 2.45) is 0 Å². The van der Waals surface area contributed by atoms with Crippen LogP contribution < -0.4 is 14.8 Å². The number of carbonyl (C=O) groups is 2. The second-order valence-corrected chi connectivity index (χ2v) is 7.02. The normalized spacial score (nSPS) is 10.3. The summed E-state index contributed by atoms with van der Waals surface area (Å²) in [5.41, 5.74) is 1.36. The minimum Gasteiger partial charge on any atom is -0.495 e. The molecule has 8 nitrogen and oxygen atoms in total. The Morgan fingerprint density at radius 3 is 2.52 bits per heavy atom. The molecule has 0 radical (unpaired) electrons. The molecule has 0 saturated carbocycles. The number of halogens is 1. The number of likely N-dealkylation sites (N-methyl/N-ethyl adjacent to an activating group) is 1. The van der Waals surface area contributed by atoms with Gasteiger partial charge in [-0.15, -0.1) is 0 Å². The number of hydrogen-bond donors (Lipinski definition) is 1. The third-order valence-electron chi connectivity index (χ3n) is 4.78. The summed E-state index contributed by atoms with van der Waals surface area (Å²) in [7, 11) is 4.45. The molecule has 33 heavy (non-hydrogen) atoms. The van der Waals surface area contributed by atoms with E-state index in [-0.39, 0.29) is 23.7 Å². The number of carbonyl (C=O) groups excluding carboxylic acids is 2. The van der Waals surface area contributed by atoms with Gasteiger partial charge in [0.1, 0.15) is 17.1 Å². The number of anilines is 2. The molecule has 172 valence electrons. The highest BCUT2D eigenvalue weighted by Gasteiger charge is 2.18. The highest BCUT2D eigenvalue weighted by molar-refractivity contribution is 5.96. The monoisotopic (exact) mass is 453 g/mol. The van der Waals surface area contributed by atoms with Gasteiger partial charge in [0, 0.05) is 19.8 Å². The molecule has 3 aromatic rings. The van der Waals surface area contributed by atoms with E-state index < -0.39 is 24.3 Å². The zero-order valence-electron chi connectivity index (χ0n) is 18.5. The number of aromatic nitrogens is 1. The molecular weight excluding hydrogens is 429 g/mol. The third kappa shape index (κ3) is 5.97. The van der Waals surface area contributed by atoms with Gasteiger partial charge in [-0.1, -0.05) is 18.2 Å². The van der Waals surface area contributed by atoms with E-state index in [0.29, 0.717) is 17.0 Å². The van der Waals surface area contributed by atoms with Gasteiger partial charge in [-0.2, -0.15) is 0 Å². The molecule has 0 unspecified atom stereocenters. The predicted molar refractivity (Wildman–Crippen MR) is 120 cm³/mol. The van der Waals surface area contributed by atoms with E-state index in [9.17, 15) is 14.0 Å². The lowest BCUT2D eigenvalue weighted by atomic mass is 10.2. The molecule has 9 heteroatoms. The van der Waals surface area contributed by atoms with Crippen LogP contribution in [0.3, 0.4) is 0 Å². The number of esters is 1. The highest BCUT2D eigenvalue weighted by Crippen LogP contribution is 2.27. The summed E-state index contributed by atoms with van der Waals surface area (Å²) in [6, 6.07) is 14.8. The van der Waals surface area contributed by atoms with E-state index in [2.05, 4.69) is 10.3 Å². The van der Waals surface area contributed by atoms with Crippen LogP contribution in [-0.2, 0) is 16.1 Å². The van der Waals surface area contributed by atoms with Gasteiger partial charge < -0.3 is 24.4 Å².